The Morgan fingerprint density at radius 2 is 1.96 bits per heavy atom. The highest BCUT2D eigenvalue weighted by Crippen LogP contribution is 2.15. The second-order valence-corrected chi connectivity index (χ2v) is 8.75. The van der Waals surface area contributed by atoms with E-state index in [2.05, 4.69) is 39.4 Å². The van der Waals surface area contributed by atoms with Gasteiger partial charge in [-0.2, -0.15) is 23.5 Å². The standard InChI is InChI=1S/C18H27N3OS2/c22-18(13-17-14-24-10-6-19-17)20-16-3-1-15(2-4-16)5-7-21-8-11-23-12-9-21/h1-4,17,19H,5-14H2,(H,20,22). The first-order valence-electron chi connectivity index (χ1n) is 8.79. The largest absolute Gasteiger partial charge is 0.326 e. The van der Waals surface area contributed by atoms with Gasteiger partial charge in [-0.05, 0) is 24.1 Å². The molecule has 0 aliphatic carbocycles. The molecular weight excluding hydrogens is 338 g/mol. The summed E-state index contributed by atoms with van der Waals surface area (Å²) in [5.74, 6) is 4.81. The lowest BCUT2D eigenvalue weighted by Gasteiger charge is -2.26. The van der Waals surface area contributed by atoms with E-state index < -0.39 is 0 Å². The second-order valence-electron chi connectivity index (χ2n) is 6.38. The van der Waals surface area contributed by atoms with Gasteiger partial charge in [0.15, 0.2) is 0 Å². The quantitative estimate of drug-likeness (QED) is 0.810. The molecule has 1 atom stereocenters. The minimum atomic E-state index is 0.105. The molecule has 0 bridgehead atoms. The van der Waals surface area contributed by atoms with Crippen molar-refractivity contribution in [2.75, 3.05) is 54.5 Å². The van der Waals surface area contributed by atoms with E-state index in [4.69, 9.17) is 0 Å². The fourth-order valence-electron chi connectivity index (χ4n) is 3.05. The van der Waals surface area contributed by atoms with Crippen molar-refractivity contribution >= 4 is 35.1 Å². The molecule has 0 aromatic heterocycles. The van der Waals surface area contributed by atoms with Crippen LogP contribution >= 0.6 is 23.5 Å². The van der Waals surface area contributed by atoms with Gasteiger partial charge in [-0.1, -0.05) is 12.1 Å². The van der Waals surface area contributed by atoms with Crippen molar-refractivity contribution in [2.45, 2.75) is 18.9 Å². The lowest BCUT2D eigenvalue weighted by atomic mass is 10.1. The minimum Gasteiger partial charge on any atom is -0.326 e. The maximum atomic E-state index is 12.1. The van der Waals surface area contributed by atoms with Gasteiger partial charge < -0.3 is 15.5 Å². The highest BCUT2D eigenvalue weighted by molar-refractivity contribution is 7.99. The zero-order chi connectivity index (χ0) is 16.6. The Morgan fingerprint density at radius 3 is 2.67 bits per heavy atom. The van der Waals surface area contributed by atoms with Crippen molar-refractivity contribution in [2.24, 2.45) is 0 Å². The molecule has 0 saturated carbocycles. The summed E-state index contributed by atoms with van der Waals surface area (Å²) >= 11 is 3.98. The molecule has 2 aliphatic heterocycles. The zero-order valence-electron chi connectivity index (χ0n) is 14.1. The third kappa shape index (κ3) is 5.99. The SMILES string of the molecule is O=C(CC1CSCCN1)Nc1ccc(CCN2CCSCC2)cc1. The highest BCUT2D eigenvalue weighted by Gasteiger charge is 2.16. The molecule has 0 radical (unpaired) electrons. The first-order valence-corrected chi connectivity index (χ1v) is 11.1. The van der Waals surface area contributed by atoms with Gasteiger partial charge in [0.25, 0.3) is 0 Å². The van der Waals surface area contributed by atoms with Gasteiger partial charge in [-0.25, -0.2) is 0 Å². The van der Waals surface area contributed by atoms with Gasteiger partial charge in [0.2, 0.25) is 5.91 Å². The Labute approximate surface area is 153 Å². The van der Waals surface area contributed by atoms with Crippen molar-refractivity contribution in [1.29, 1.82) is 0 Å². The van der Waals surface area contributed by atoms with Gasteiger partial charge in [0, 0.05) is 67.3 Å². The van der Waals surface area contributed by atoms with Crippen molar-refractivity contribution in [3.63, 3.8) is 0 Å². The number of carbonyl (C=O) groups is 1. The van der Waals surface area contributed by atoms with E-state index >= 15 is 0 Å². The molecule has 3 rings (SSSR count). The molecule has 24 heavy (non-hydrogen) atoms. The summed E-state index contributed by atoms with van der Waals surface area (Å²) < 4.78 is 0. The number of anilines is 1. The van der Waals surface area contributed by atoms with Crippen LogP contribution in [0.25, 0.3) is 0 Å². The summed E-state index contributed by atoms with van der Waals surface area (Å²) in [7, 11) is 0. The van der Waals surface area contributed by atoms with E-state index in [1.807, 2.05) is 23.9 Å². The second kappa shape index (κ2) is 9.70. The molecule has 4 nitrogen and oxygen atoms in total. The molecule has 0 spiro atoms. The molecule has 1 aromatic rings. The number of amides is 1. The van der Waals surface area contributed by atoms with E-state index in [-0.39, 0.29) is 5.91 Å². The first kappa shape index (κ1) is 18.1. The first-order chi connectivity index (χ1) is 11.8. The van der Waals surface area contributed by atoms with Gasteiger partial charge in [0.1, 0.15) is 0 Å². The monoisotopic (exact) mass is 365 g/mol. The number of nitrogens with zero attached hydrogens (tertiary/aromatic N) is 1. The smallest absolute Gasteiger partial charge is 0.225 e. The molecule has 2 fully saturated rings. The molecule has 1 aromatic carbocycles. The molecule has 1 amide bonds. The van der Waals surface area contributed by atoms with Gasteiger partial charge in [-0.3, -0.25) is 4.79 Å². The number of benzene rings is 1. The summed E-state index contributed by atoms with van der Waals surface area (Å²) in [5.41, 5.74) is 2.25. The van der Waals surface area contributed by atoms with Crippen molar-refractivity contribution in [3.05, 3.63) is 29.8 Å². The van der Waals surface area contributed by atoms with E-state index in [0.29, 0.717) is 12.5 Å². The van der Waals surface area contributed by atoms with Crippen LogP contribution < -0.4 is 10.6 Å². The van der Waals surface area contributed by atoms with Crippen LogP contribution in [0.15, 0.2) is 24.3 Å². The summed E-state index contributed by atoms with van der Waals surface area (Å²) in [4.78, 5) is 14.7. The van der Waals surface area contributed by atoms with Crippen LogP contribution in [0.5, 0.6) is 0 Å². The van der Waals surface area contributed by atoms with Crippen LogP contribution in [-0.4, -0.2) is 66.0 Å². The van der Waals surface area contributed by atoms with Crippen LogP contribution in [0.2, 0.25) is 0 Å². The van der Waals surface area contributed by atoms with Crippen molar-refractivity contribution in [1.82, 2.24) is 10.2 Å². The molecule has 6 heteroatoms. The lowest BCUT2D eigenvalue weighted by molar-refractivity contribution is -0.116. The Kier molecular flexibility index (Phi) is 7.32. The van der Waals surface area contributed by atoms with Crippen molar-refractivity contribution < 1.29 is 4.79 Å². The van der Waals surface area contributed by atoms with E-state index in [1.54, 1.807) is 0 Å². The summed E-state index contributed by atoms with van der Waals surface area (Å²) in [6, 6.07) is 8.65. The minimum absolute atomic E-state index is 0.105. The lowest BCUT2D eigenvalue weighted by Crippen LogP contribution is -2.39. The Hall–Kier alpha value is -0.690. The molecular formula is C18H27N3OS2. The van der Waals surface area contributed by atoms with Crippen LogP contribution in [0.1, 0.15) is 12.0 Å². The zero-order valence-corrected chi connectivity index (χ0v) is 15.8. The Balaban J connectivity index is 1.41. The maximum Gasteiger partial charge on any atom is 0.225 e. The highest BCUT2D eigenvalue weighted by atomic mass is 32.2. The average molecular weight is 366 g/mol. The third-order valence-corrected chi connectivity index (χ3v) is 6.56. The van der Waals surface area contributed by atoms with Crippen LogP contribution in [0.4, 0.5) is 5.69 Å². The number of hydrogen-bond donors (Lipinski definition) is 2. The van der Waals surface area contributed by atoms with E-state index in [1.165, 1.54) is 30.2 Å². The van der Waals surface area contributed by atoms with Gasteiger partial charge >= 0.3 is 0 Å². The molecule has 2 N–H and O–H groups in total. The van der Waals surface area contributed by atoms with E-state index in [0.717, 1.165) is 36.7 Å². The summed E-state index contributed by atoms with van der Waals surface area (Å²) in [6.45, 7) is 4.57. The van der Waals surface area contributed by atoms with Crippen molar-refractivity contribution in [3.8, 4) is 0 Å². The van der Waals surface area contributed by atoms with Gasteiger partial charge in [-0.15, -0.1) is 0 Å². The number of hydrogen-bond acceptors (Lipinski definition) is 5. The molecule has 2 aliphatic rings. The molecule has 2 saturated heterocycles. The number of rotatable bonds is 6. The molecule has 1 unspecified atom stereocenters. The fourth-order valence-corrected chi connectivity index (χ4v) is 4.98. The topological polar surface area (TPSA) is 44.4 Å². The third-order valence-electron chi connectivity index (χ3n) is 4.49. The number of nitrogens with one attached hydrogen (secondary N) is 2. The Morgan fingerprint density at radius 1 is 1.17 bits per heavy atom. The fraction of sp³-hybridized carbons (Fsp3) is 0.611. The molecule has 132 valence electrons. The summed E-state index contributed by atoms with van der Waals surface area (Å²) in [6.07, 6.45) is 1.64. The van der Waals surface area contributed by atoms with E-state index in [9.17, 15) is 4.79 Å². The average Bonchev–Trinajstić information content (AvgIpc) is 2.63. The normalized spacial score (nSPS) is 22.2. The van der Waals surface area contributed by atoms with Crippen LogP contribution in [0.3, 0.4) is 0 Å². The number of carbonyl (C=O) groups excluding carboxylic acids is 1. The maximum absolute atomic E-state index is 12.1. The number of thioether (sulfide) groups is 2. The predicted molar refractivity (Wildman–Crippen MR) is 106 cm³/mol. The van der Waals surface area contributed by atoms with Crippen LogP contribution in [-0.2, 0) is 11.2 Å². The predicted octanol–water partition coefficient (Wildman–Crippen LogP) is 2.31. The summed E-state index contributed by atoms with van der Waals surface area (Å²) in [5, 5.41) is 6.43. The van der Waals surface area contributed by atoms with Crippen LogP contribution in [0, 0.1) is 0 Å². The molecule has 2 heterocycles. The Bertz CT molecular complexity index is 512. The van der Waals surface area contributed by atoms with Gasteiger partial charge in [0.05, 0.1) is 0 Å².